The highest BCUT2D eigenvalue weighted by Crippen LogP contribution is 2.32. The van der Waals surface area contributed by atoms with Gasteiger partial charge in [0, 0.05) is 12.4 Å². The summed E-state index contributed by atoms with van der Waals surface area (Å²) in [5.41, 5.74) is 1.71. The molecule has 0 aliphatic carbocycles. The molecule has 1 aromatic carbocycles. The van der Waals surface area contributed by atoms with E-state index in [1.54, 1.807) is 0 Å². The fourth-order valence-corrected chi connectivity index (χ4v) is 2.44. The third kappa shape index (κ3) is 3.82. The van der Waals surface area contributed by atoms with E-state index in [4.69, 9.17) is 34.8 Å². The Labute approximate surface area is 127 Å². The Morgan fingerprint density at radius 1 is 1.28 bits per heavy atom. The molecular formula is C11H13Cl4N3. The zero-order valence-electron chi connectivity index (χ0n) is 9.47. The van der Waals surface area contributed by atoms with Crippen molar-refractivity contribution in [3.63, 3.8) is 0 Å². The topological polar surface area (TPSA) is 36.4 Å². The van der Waals surface area contributed by atoms with Gasteiger partial charge in [-0.1, -0.05) is 23.2 Å². The number of hydrogen-bond acceptors (Lipinski definition) is 3. The Morgan fingerprint density at radius 3 is 2.44 bits per heavy atom. The number of alkyl halides is 1. The number of benzene rings is 1. The van der Waals surface area contributed by atoms with Crippen LogP contribution in [0.15, 0.2) is 17.1 Å². The largest absolute Gasteiger partial charge is 0.354 e. The van der Waals surface area contributed by atoms with E-state index in [0.29, 0.717) is 27.6 Å². The van der Waals surface area contributed by atoms with E-state index < -0.39 is 0 Å². The minimum atomic E-state index is 0. The average Bonchev–Trinajstić information content (AvgIpc) is 2.76. The number of rotatable bonds is 3. The molecule has 0 aromatic heterocycles. The Hall–Kier alpha value is -0.350. The van der Waals surface area contributed by atoms with Gasteiger partial charge in [-0.25, -0.2) is 0 Å². The summed E-state index contributed by atoms with van der Waals surface area (Å²) < 4.78 is 0. The highest BCUT2D eigenvalue weighted by atomic mass is 35.5. The maximum atomic E-state index is 6.18. The van der Waals surface area contributed by atoms with Crippen molar-refractivity contribution in [1.29, 1.82) is 0 Å². The van der Waals surface area contributed by atoms with Crippen molar-refractivity contribution < 1.29 is 0 Å². The van der Waals surface area contributed by atoms with Gasteiger partial charge in [-0.15, -0.1) is 24.0 Å². The number of guanidine groups is 1. The second-order valence-corrected chi connectivity index (χ2v) is 4.85. The summed E-state index contributed by atoms with van der Waals surface area (Å²) >= 11 is 18.0. The Bertz CT molecular complexity index is 425. The number of nitrogens with one attached hydrogen (secondary N) is 2. The van der Waals surface area contributed by atoms with Crippen LogP contribution in [0.4, 0.5) is 5.69 Å². The number of nitrogens with zero attached hydrogens (tertiary/aromatic N) is 1. The lowest BCUT2D eigenvalue weighted by molar-refractivity contribution is 0.959. The molecule has 18 heavy (non-hydrogen) atoms. The van der Waals surface area contributed by atoms with Gasteiger partial charge in [0.25, 0.3) is 0 Å². The number of halogens is 4. The molecule has 2 rings (SSSR count). The van der Waals surface area contributed by atoms with Crippen LogP contribution in [0.25, 0.3) is 0 Å². The standard InChI is InChI=1S/C11H12Cl3N3.ClH/c12-2-1-7-5-8(13)10(9(14)6-7)17-11-15-3-4-16-11;/h5-6H,1-4H2,(H2,15,16,17);1H. The number of anilines is 1. The van der Waals surface area contributed by atoms with Gasteiger partial charge < -0.3 is 10.6 Å². The van der Waals surface area contributed by atoms with Crippen LogP contribution in [0.1, 0.15) is 5.56 Å². The van der Waals surface area contributed by atoms with Gasteiger partial charge in [0.2, 0.25) is 0 Å². The second kappa shape index (κ2) is 7.29. The molecule has 1 aliphatic heterocycles. The van der Waals surface area contributed by atoms with Crippen LogP contribution in [0.2, 0.25) is 10.0 Å². The molecule has 0 unspecified atom stereocenters. The minimum Gasteiger partial charge on any atom is -0.354 e. The van der Waals surface area contributed by atoms with Gasteiger partial charge in [0.05, 0.1) is 22.3 Å². The van der Waals surface area contributed by atoms with Crippen molar-refractivity contribution in [2.75, 3.05) is 24.3 Å². The normalized spacial score (nSPS) is 13.6. The smallest absolute Gasteiger partial charge is 0.196 e. The summed E-state index contributed by atoms with van der Waals surface area (Å²) in [6, 6.07) is 3.74. The molecule has 0 amide bonds. The number of aliphatic imine (C=N–C) groups is 1. The molecule has 0 spiro atoms. The zero-order valence-corrected chi connectivity index (χ0v) is 12.6. The summed E-state index contributed by atoms with van der Waals surface area (Å²) in [4.78, 5) is 4.23. The maximum Gasteiger partial charge on any atom is 0.196 e. The molecule has 0 fully saturated rings. The summed E-state index contributed by atoms with van der Waals surface area (Å²) in [5.74, 6) is 1.26. The minimum absolute atomic E-state index is 0. The summed E-state index contributed by atoms with van der Waals surface area (Å²) in [5, 5.41) is 7.34. The SMILES string of the molecule is Cl.ClCCc1cc(Cl)c(NC2=NCCN2)c(Cl)c1. The third-order valence-corrected chi connectivity index (χ3v) is 3.19. The molecule has 0 saturated carbocycles. The lowest BCUT2D eigenvalue weighted by Crippen LogP contribution is -2.26. The molecule has 2 N–H and O–H groups in total. The maximum absolute atomic E-state index is 6.18. The van der Waals surface area contributed by atoms with E-state index in [9.17, 15) is 0 Å². The van der Waals surface area contributed by atoms with Crippen molar-refractivity contribution in [1.82, 2.24) is 5.32 Å². The highest BCUT2D eigenvalue weighted by molar-refractivity contribution is 6.40. The van der Waals surface area contributed by atoms with Crippen LogP contribution in [-0.2, 0) is 6.42 Å². The quantitative estimate of drug-likeness (QED) is 0.832. The summed E-state index contributed by atoms with van der Waals surface area (Å²) in [6.45, 7) is 1.60. The Kier molecular flexibility index (Phi) is 6.36. The van der Waals surface area contributed by atoms with E-state index in [1.165, 1.54) is 0 Å². The average molecular weight is 329 g/mol. The third-order valence-electron chi connectivity index (χ3n) is 2.40. The van der Waals surface area contributed by atoms with E-state index in [-0.39, 0.29) is 12.4 Å². The van der Waals surface area contributed by atoms with Gasteiger partial charge >= 0.3 is 0 Å². The van der Waals surface area contributed by atoms with Crippen LogP contribution in [0.5, 0.6) is 0 Å². The Morgan fingerprint density at radius 2 is 1.94 bits per heavy atom. The highest BCUT2D eigenvalue weighted by Gasteiger charge is 2.12. The van der Waals surface area contributed by atoms with E-state index in [2.05, 4.69) is 15.6 Å². The monoisotopic (exact) mass is 327 g/mol. The molecule has 100 valence electrons. The van der Waals surface area contributed by atoms with Gasteiger partial charge in [-0.05, 0) is 24.1 Å². The molecule has 0 radical (unpaired) electrons. The van der Waals surface area contributed by atoms with E-state index in [1.807, 2.05) is 12.1 Å². The van der Waals surface area contributed by atoms with Crippen molar-refractivity contribution in [3.8, 4) is 0 Å². The number of aryl methyl sites for hydroxylation is 1. The van der Waals surface area contributed by atoms with Gasteiger partial charge in [-0.2, -0.15) is 0 Å². The molecule has 1 aromatic rings. The van der Waals surface area contributed by atoms with Gasteiger partial charge in [0.15, 0.2) is 5.96 Å². The molecular weight excluding hydrogens is 316 g/mol. The van der Waals surface area contributed by atoms with Crippen molar-refractivity contribution in [2.45, 2.75) is 6.42 Å². The van der Waals surface area contributed by atoms with Crippen LogP contribution in [0, 0.1) is 0 Å². The number of hydrogen-bond donors (Lipinski definition) is 2. The van der Waals surface area contributed by atoms with Crippen LogP contribution in [-0.4, -0.2) is 24.9 Å². The molecule has 0 atom stereocenters. The van der Waals surface area contributed by atoms with E-state index in [0.717, 1.165) is 25.1 Å². The first kappa shape index (κ1) is 15.7. The fourth-order valence-electron chi connectivity index (χ4n) is 1.60. The first-order chi connectivity index (χ1) is 8.20. The summed E-state index contributed by atoms with van der Waals surface area (Å²) in [7, 11) is 0. The lowest BCUT2D eigenvalue weighted by atomic mass is 10.1. The van der Waals surface area contributed by atoms with Crippen LogP contribution >= 0.6 is 47.2 Å². The molecule has 3 nitrogen and oxygen atoms in total. The second-order valence-electron chi connectivity index (χ2n) is 3.66. The predicted octanol–water partition coefficient (Wildman–Crippen LogP) is 3.57. The molecule has 7 heteroatoms. The lowest BCUT2D eigenvalue weighted by Gasteiger charge is -2.12. The van der Waals surface area contributed by atoms with Crippen LogP contribution < -0.4 is 10.6 Å². The zero-order chi connectivity index (χ0) is 12.3. The molecule has 0 saturated heterocycles. The Balaban J connectivity index is 0.00000162. The van der Waals surface area contributed by atoms with E-state index >= 15 is 0 Å². The van der Waals surface area contributed by atoms with Gasteiger partial charge in [-0.3, -0.25) is 4.99 Å². The fraction of sp³-hybridized carbons (Fsp3) is 0.364. The first-order valence-corrected chi connectivity index (χ1v) is 6.59. The first-order valence-electron chi connectivity index (χ1n) is 5.30. The molecule has 1 aliphatic rings. The summed E-state index contributed by atoms with van der Waals surface area (Å²) in [6.07, 6.45) is 0.750. The van der Waals surface area contributed by atoms with Gasteiger partial charge in [0.1, 0.15) is 0 Å². The van der Waals surface area contributed by atoms with Crippen LogP contribution in [0.3, 0.4) is 0 Å². The predicted molar refractivity (Wildman–Crippen MR) is 82.1 cm³/mol. The van der Waals surface area contributed by atoms with Crippen molar-refractivity contribution in [3.05, 3.63) is 27.7 Å². The van der Waals surface area contributed by atoms with Crippen molar-refractivity contribution >= 4 is 58.9 Å². The molecule has 0 bridgehead atoms. The molecule has 1 heterocycles. The van der Waals surface area contributed by atoms with Crippen molar-refractivity contribution in [2.24, 2.45) is 4.99 Å².